The van der Waals surface area contributed by atoms with E-state index in [1.54, 1.807) is 0 Å². The Hall–Kier alpha value is -1.61. The first-order chi connectivity index (χ1) is 9.13. The zero-order valence-electron chi connectivity index (χ0n) is 11.9. The van der Waals surface area contributed by atoms with Gasteiger partial charge in [0.2, 0.25) is 0 Å². The molecule has 1 aromatic carbocycles. The molecule has 0 spiro atoms. The third-order valence-corrected chi connectivity index (χ3v) is 2.78. The Morgan fingerprint density at radius 3 is 2.58 bits per heavy atom. The van der Waals surface area contributed by atoms with Gasteiger partial charge in [-0.05, 0) is 17.9 Å². The molecule has 3 heteroatoms. The predicted octanol–water partition coefficient (Wildman–Crippen LogP) is 2.88. The van der Waals surface area contributed by atoms with Gasteiger partial charge in [-0.25, -0.2) is 0 Å². The second kappa shape index (κ2) is 8.48. The number of carbonyl (C=O) groups excluding carboxylic acids is 1. The van der Waals surface area contributed by atoms with Gasteiger partial charge in [-0.1, -0.05) is 56.3 Å². The van der Waals surface area contributed by atoms with Crippen molar-refractivity contribution in [2.75, 3.05) is 13.7 Å². The molecule has 19 heavy (non-hydrogen) atoms. The maximum atomic E-state index is 11.6. The van der Waals surface area contributed by atoms with Crippen molar-refractivity contribution in [1.29, 1.82) is 0 Å². The van der Waals surface area contributed by atoms with Crippen LogP contribution in [0.3, 0.4) is 0 Å². The van der Waals surface area contributed by atoms with Gasteiger partial charge in [-0.15, -0.1) is 0 Å². The molecule has 0 radical (unpaired) electrons. The van der Waals surface area contributed by atoms with Crippen LogP contribution in [0.4, 0.5) is 0 Å². The first-order valence-electron chi connectivity index (χ1n) is 6.66. The second-order valence-corrected chi connectivity index (χ2v) is 4.93. The number of methoxy groups -OCH3 is 1. The van der Waals surface area contributed by atoms with Crippen LogP contribution in [0.1, 0.15) is 25.8 Å². The Kier molecular flexibility index (Phi) is 6.90. The van der Waals surface area contributed by atoms with E-state index in [0.29, 0.717) is 12.5 Å². The fourth-order valence-corrected chi connectivity index (χ4v) is 1.85. The van der Waals surface area contributed by atoms with E-state index >= 15 is 0 Å². The molecule has 0 aromatic heterocycles. The number of benzene rings is 1. The Morgan fingerprint density at radius 1 is 1.32 bits per heavy atom. The van der Waals surface area contributed by atoms with Crippen molar-refractivity contribution in [3.8, 4) is 0 Å². The summed E-state index contributed by atoms with van der Waals surface area (Å²) < 4.78 is 4.80. The molecule has 0 fully saturated rings. The molecule has 0 saturated carbocycles. The number of rotatable bonds is 7. The maximum absolute atomic E-state index is 11.6. The van der Waals surface area contributed by atoms with E-state index in [1.165, 1.54) is 7.11 Å². The standard InChI is InChI=1S/C16H23NO2/c1-13(2)12-15(16(18)19-3)17-11-7-10-14-8-5-4-6-9-14/h4-10,13,15,17H,11-12H2,1-3H3/b10-7+. The zero-order valence-corrected chi connectivity index (χ0v) is 11.9. The van der Waals surface area contributed by atoms with E-state index in [1.807, 2.05) is 42.5 Å². The van der Waals surface area contributed by atoms with E-state index in [2.05, 4.69) is 19.2 Å². The van der Waals surface area contributed by atoms with Gasteiger partial charge < -0.3 is 10.1 Å². The average Bonchev–Trinajstić information content (AvgIpc) is 2.42. The fraction of sp³-hybridized carbons (Fsp3) is 0.438. The molecule has 0 heterocycles. The van der Waals surface area contributed by atoms with Crippen molar-refractivity contribution in [1.82, 2.24) is 5.32 Å². The summed E-state index contributed by atoms with van der Waals surface area (Å²) in [5, 5.41) is 3.21. The first-order valence-corrected chi connectivity index (χ1v) is 6.66. The number of carbonyl (C=O) groups is 1. The van der Waals surface area contributed by atoms with Crippen LogP contribution in [-0.2, 0) is 9.53 Å². The monoisotopic (exact) mass is 261 g/mol. The van der Waals surface area contributed by atoms with Gasteiger partial charge in [0.25, 0.3) is 0 Å². The van der Waals surface area contributed by atoms with Gasteiger partial charge in [0.05, 0.1) is 7.11 Å². The van der Waals surface area contributed by atoms with Crippen LogP contribution >= 0.6 is 0 Å². The molecule has 1 rings (SSSR count). The summed E-state index contributed by atoms with van der Waals surface area (Å²) in [6.07, 6.45) is 4.84. The quantitative estimate of drug-likeness (QED) is 0.767. The fourth-order valence-electron chi connectivity index (χ4n) is 1.85. The third kappa shape index (κ3) is 6.20. The van der Waals surface area contributed by atoms with Crippen LogP contribution < -0.4 is 5.32 Å². The summed E-state index contributed by atoms with van der Waals surface area (Å²) in [5.74, 6) is 0.261. The van der Waals surface area contributed by atoms with Crippen molar-refractivity contribution in [3.63, 3.8) is 0 Å². The number of hydrogen-bond donors (Lipinski definition) is 1. The van der Waals surface area contributed by atoms with E-state index in [9.17, 15) is 4.79 Å². The van der Waals surface area contributed by atoms with Gasteiger partial charge in [0.1, 0.15) is 6.04 Å². The molecule has 0 amide bonds. The van der Waals surface area contributed by atoms with Crippen molar-refractivity contribution in [3.05, 3.63) is 42.0 Å². The van der Waals surface area contributed by atoms with E-state index < -0.39 is 0 Å². The van der Waals surface area contributed by atoms with Crippen molar-refractivity contribution in [2.24, 2.45) is 5.92 Å². The molecule has 0 bridgehead atoms. The van der Waals surface area contributed by atoms with Crippen LogP contribution in [0, 0.1) is 5.92 Å². The van der Waals surface area contributed by atoms with E-state index in [4.69, 9.17) is 4.74 Å². The normalized spacial score (nSPS) is 12.8. The second-order valence-electron chi connectivity index (χ2n) is 4.93. The summed E-state index contributed by atoms with van der Waals surface area (Å²) >= 11 is 0. The van der Waals surface area contributed by atoms with Crippen molar-refractivity contribution >= 4 is 12.0 Å². The van der Waals surface area contributed by atoms with Crippen LogP contribution in [0.2, 0.25) is 0 Å². The Labute approximate surface area is 115 Å². The molecular formula is C16H23NO2. The lowest BCUT2D eigenvalue weighted by Crippen LogP contribution is -2.38. The Morgan fingerprint density at radius 2 is 2.00 bits per heavy atom. The molecule has 1 aromatic rings. The van der Waals surface area contributed by atoms with Crippen LogP contribution in [0.25, 0.3) is 6.08 Å². The highest BCUT2D eigenvalue weighted by atomic mass is 16.5. The Bertz CT molecular complexity index is 398. The zero-order chi connectivity index (χ0) is 14.1. The third-order valence-electron chi connectivity index (χ3n) is 2.78. The highest BCUT2D eigenvalue weighted by Gasteiger charge is 2.18. The molecule has 0 saturated heterocycles. The highest BCUT2D eigenvalue weighted by molar-refractivity contribution is 5.75. The first kappa shape index (κ1) is 15.4. The molecule has 3 nitrogen and oxygen atoms in total. The Balaban J connectivity index is 2.43. The average molecular weight is 261 g/mol. The number of ether oxygens (including phenoxy) is 1. The molecule has 1 unspecified atom stereocenters. The summed E-state index contributed by atoms with van der Waals surface area (Å²) in [7, 11) is 1.43. The minimum absolute atomic E-state index is 0.193. The van der Waals surface area contributed by atoms with Gasteiger partial charge in [0, 0.05) is 6.54 Å². The molecule has 104 valence electrons. The summed E-state index contributed by atoms with van der Waals surface area (Å²) in [6.45, 7) is 4.84. The largest absolute Gasteiger partial charge is 0.468 e. The van der Waals surface area contributed by atoms with Crippen LogP contribution in [0.5, 0.6) is 0 Å². The maximum Gasteiger partial charge on any atom is 0.322 e. The predicted molar refractivity (Wildman–Crippen MR) is 78.7 cm³/mol. The number of hydrogen-bond acceptors (Lipinski definition) is 3. The van der Waals surface area contributed by atoms with E-state index in [-0.39, 0.29) is 12.0 Å². The lowest BCUT2D eigenvalue weighted by molar-refractivity contribution is -0.143. The molecule has 0 aliphatic rings. The number of nitrogens with one attached hydrogen (secondary N) is 1. The van der Waals surface area contributed by atoms with Gasteiger partial charge >= 0.3 is 5.97 Å². The lowest BCUT2D eigenvalue weighted by Gasteiger charge is -2.17. The van der Waals surface area contributed by atoms with E-state index in [0.717, 1.165) is 12.0 Å². The molecule has 1 atom stereocenters. The minimum Gasteiger partial charge on any atom is -0.468 e. The highest BCUT2D eigenvalue weighted by Crippen LogP contribution is 2.06. The minimum atomic E-state index is -0.231. The van der Waals surface area contributed by atoms with Gasteiger partial charge in [-0.2, -0.15) is 0 Å². The van der Waals surface area contributed by atoms with Crippen LogP contribution in [0.15, 0.2) is 36.4 Å². The molecule has 1 N–H and O–H groups in total. The van der Waals surface area contributed by atoms with Gasteiger partial charge in [0.15, 0.2) is 0 Å². The topological polar surface area (TPSA) is 38.3 Å². The SMILES string of the molecule is COC(=O)C(CC(C)C)NC/C=C/c1ccccc1. The van der Waals surface area contributed by atoms with Crippen molar-refractivity contribution in [2.45, 2.75) is 26.3 Å². The van der Waals surface area contributed by atoms with Crippen LogP contribution in [-0.4, -0.2) is 25.7 Å². The summed E-state index contributed by atoms with van der Waals surface area (Å²) in [6, 6.07) is 9.85. The smallest absolute Gasteiger partial charge is 0.322 e. The lowest BCUT2D eigenvalue weighted by atomic mass is 10.0. The summed E-state index contributed by atoms with van der Waals surface area (Å²) in [5.41, 5.74) is 1.16. The molecular weight excluding hydrogens is 238 g/mol. The molecule has 0 aliphatic heterocycles. The summed E-state index contributed by atoms with van der Waals surface area (Å²) in [4.78, 5) is 11.6. The number of esters is 1. The van der Waals surface area contributed by atoms with Crippen molar-refractivity contribution < 1.29 is 9.53 Å². The van der Waals surface area contributed by atoms with Gasteiger partial charge in [-0.3, -0.25) is 4.79 Å². The molecule has 0 aliphatic carbocycles.